The lowest BCUT2D eigenvalue weighted by molar-refractivity contribution is 0.0621. The summed E-state index contributed by atoms with van der Waals surface area (Å²) >= 11 is 0. The van der Waals surface area contributed by atoms with E-state index < -0.39 is 17.2 Å². The standard InChI is InChI=1S/C17H18F2O/c1-3-11-17(20,13-7-5-4-6-8-13)15-14(18)10-9-12(2)16(15)19/h4-10,20H,3,11H2,1-2H3. The lowest BCUT2D eigenvalue weighted by atomic mass is 9.81. The van der Waals surface area contributed by atoms with E-state index in [-0.39, 0.29) is 12.0 Å². The summed E-state index contributed by atoms with van der Waals surface area (Å²) in [5, 5.41) is 11.0. The van der Waals surface area contributed by atoms with E-state index >= 15 is 0 Å². The summed E-state index contributed by atoms with van der Waals surface area (Å²) < 4.78 is 28.5. The summed E-state index contributed by atoms with van der Waals surface area (Å²) in [7, 11) is 0. The fourth-order valence-corrected chi connectivity index (χ4v) is 2.53. The van der Waals surface area contributed by atoms with Crippen LogP contribution in [0.5, 0.6) is 0 Å². The lowest BCUT2D eigenvalue weighted by Gasteiger charge is -2.30. The van der Waals surface area contributed by atoms with Crippen molar-refractivity contribution in [1.82, 2.24) is 0 Å². The number of aryl methyl sites for hydroxylation is 1. The minimum atomic E-state index is -1.64. The van der Waals surface area contributed by atoms with E-state index in [2.05, 4.69) is 0 Å². The zero-order valence-corrected chi connectivity index (χ0v) is 11.7. The molecule has 1 N–H and O–H groups in total. The van der Waals surface area contributed by atoms with Gasteiger partial charge in [-0.3, -0.25) is 0 Å². The fourth-order valence-electron chi connectivity index (χ4n) is 2.53. The van der Waals surface area contributed by atoms with Crippen LogP contribution in [-0.4, -0.2) is 5.11 Å². The summed E-state index contributed by atoms with van der Waals surface area (Å²) in [6, 6.07) is 11.3. The van der Waals surface area contributed by atoms with E-state index in [9.17, 15) is 13.9 Å². The molecule has 0 saturated heterocycles. The number of halogens is 2. The van der Waals surface area contributed by atoms with Crippen molar-refractivity contribution in [3.05, 3.63) is 70.8 Å². The molecule has 0 aliphatic heterocycles. The van der Waals surface area contributed by atoms with Gasteiger partial charge in [0.25, 0.3) is 0 Å². The first-order chi connectivity index (χ1) is 9.50. The van der Waals surface area contributed by atoms with Crippen molar-refractivity contribution in [2.75, 3.05) is 0 Å². The van der Waals surface area contributed by atoms with Crippen molar-refractivity contribution in [1.29, 1.82) is 0 Å². The zero-order chi connectivity index (χ0) is 14.8. The molecule has 0 saturated carbocycles. The Labute approximate surface area is 117 Å². The van der Waals surface area contributed by atoms with Crippen LogP contribution in [0, 0.1) is 18.6 Å². The predicted molar refractivity (Wildman–Crippen MR) is 75.4 cm³/mol. The molecule has 2 rings (SSSR count). The van der Waals surface area contributed by atoms with Crippen LogP contribution in [0.15, 0.2) is 42.5 Å². The molecule has 1 atom stereocenters. The van der Waals surface area contributed by atoms with E-state index in [4.69, 9.17) is 0 Å². The highest BCUT2D eigenvalue weighted by molar-refractivity contribution is 5.39. The van der Waals surface area contributed by atoms with Crippen molar-refractivity contribution in [3.8, 4) is 0 Å². The van der Waals surface area contributed by atoms with Crippen LogP contribution in [0.1, 0.15) is 36.5 Å². The van der Waals surface area contributed by atoms with Crippen LogP contribution in [0.4, 0.5) is 8.78 Å². The highest BCUT2D eigenvalue weighted by Gasteiger charge is 2.36. The fraction of sp³-hybridized carbons (Fsp3) is 0.294. The molecule has 0 amide bonds. The van der Waals surface area contributed by atoms with Gasteiger partial charge in [0.15, 0.2) is 0 Å². The summed E-state index contributed by atoms with van der Waals surface area (Å²) in [4.78, 5) is 0. The molecule has 0 radical (unpaired) electrons. The van der Waals surface area contributed by atoms with Gasteiger partial charge in [0.1, 0.15) is 17.2 Å². The molecule has 0 bridgehead atoms. The first kappa shape index (κ1) is 14.7. The van der Waals surface area contributed by atoms with Gasteiger partial charge >= 0.3 is 0 Å². The molecule has 0 aliphatic rings. The quantitative estimate of drug-likeness (QED) is 0.882. The van der Waals surface area contributed by atoms with E-state index in [0.29, 0.717) is 17.5 Å². The van der Waals surface area contributed by atoms with Gasteiger partial charge in [-0.1, -0.05) is 49.7 Å². The minimum absolute atomic E-state index is 0.258. The topological polar surface area (TPSA) is 20.2 Å². The normalized spacial score (nSPS) is 14.1. The van der Waals surface area contributed by atoms with Gasteiger partial charge in [0.2, 0.25) is 0 Å². The second kappa shape index (κ2) is 5.71. The molecule has 1 nitrogen and oxygen atoms in total. The molecule has 0 aromatic heterocycles. The van der Waals surface area contributed by atoms with E-state index in [0.717, 1.165) is 0 Å². The molecule has 2 aromatic rings. The first-order valence-corrected chi connectivity index (χ1v) is 6.73. The number of benzene rings is 2. The highest BCUT2D eigenvalue weighted by atomic mass is 19.1. The Kier molecular flexibility index (Phi) is 4.19. The molecule has 20 heavy (non-hydrogen) atoms. The molecule has 3 heteroatoms. The summed E-state index contributed by atoms with van der Waals surface area (Å²) in [6.45, 7) is 3.44. The van der Waals surface area contributed by atoms with Gasteiger partial charge in [-0.25, -0.2) is 8.78 Å². The van der Waals surface area contributed by atoms with Crippen LogP contribution in [0.2, 0.25) is 0 Å². The first-order valence-electron chi connectivity index (χ1n) is 6.73. The monoisotopic (exact) mass is 276 g/mol. The molecule has 0 aliphatic carbocycles. The Bertz CT molecular complexity index is 595. The molecular weight excluding hydrogens is 258 g/mol. The van der Waals surface area contributed by atoms with Crippen LogP contribution >= 0.6 is 0 Å². The third kappa shape index (κ3) is 2.46. The number of aliphatic hydroxyl groups is 1. The van der Waals surface area contributed by atoms with Crippen LogP contribution < -0.4 is 0 Å². The summed E-state index contributed by atoms with van der Waals surface area (Å²) in [5.41, 5.74) is -1.07. The predicted octanol–water partition coefficient (Wildman–Crippen LogP) is 4.31. The summed E-state index contributed by atoms with van der Waals surface area (Å²) in [5.74, 6) is -1.39. The highest BCUT2D eigenvalue weighted by Crippen LogP contribution is 2.37. The average molecular weight is 276 g/mol. The maximum atomic E-state index is 14.4. The maximum Gasteiger partial charge on any atom is 0.135 e. The Morgan fingerprint density at radius 2 is 1.70 bits per heavy atom. The number of rotatable bonds is 4. The summed E-state index contributed by atoms with van der Waals surface area (Å²) in [6.07, 6.45) is 0.868. The zero-order valence-electron chi connectivity index (χ0n) is 11.7. The van der Waals surface area contributed by atoms with Crippen molar-refractivity contribution >= 4 is 0 Å². The van der Waals surface area contributed by atoms with Gasteiger partial charge in [0, 0.05) is 0 Å². The number of hydrogen-bond donors (Lipinski definition) is 1. The van der Waals surface area contributed by atoms with Crippen molar-refractivity contribution in [3.63, 3.8) is 0 Å². The van der Waals surface area contributed by atoms with E-state index in [1.807, 2.05) is 6.92 Å². The van der Waals surface area contributed by atoms with Gasteiger partial charge < -0.3 is 5.11 Å². The van der Waals surface area contributed by atoms with E-state index in [1.54, 1.807) is 37.3 Å². The molecule has 1 unspecified atom stereocenters. The van der Waals surface area contributed by atoms with Crippen LogP contribution in [0.25, 0.3) is 0 Å². The van der Waals surface area contributed by atoms with Crippen LogP contribution in [-0.2, 0) is 5.60 Å². The van der Waals surface area contributed by atoms with Crippen molar-refractivity contribution < 1.29 is 13.9 Å². The largest absolute Gasteiger partial charge is 0.380 e. The maximum absolute atomic E-state index is 14.4. The van der Waals surface area contributed by atoms with Gasteiger partial charge in [-0.05, 0) is 30.5 Å². The molecule has 106 valence electrons. The molecule has 0 fully saturated rings. The molecule has 0 heterocycles. The second-order valence-corrected chi connectivity index (χ2v) is 5.03. The van der Waals surface area contributed by atoms with Crippen molar-refractivity contribution in [2.45, 2.75) is 32.3 Å². The Morgan fingerprint density at radius 3 is 2.30 bits per heavy atom. The molecule has 2 aromatic carbocycles. The second-order valence-electron chi connectivity index (χ2n) is 5.03. The Balaban J connectivity index is 2.69. The van der Waals surface area contributed by atoms with Gasteiger partial charge in [0.05, 0.1) is 5.56 Å². The van der Waals surface area contributed by atoms with Gasteiger partial charge in [-0.15, -0.1) is 0 Å². The van der Waals surface area contributed by atoms with Crippen LogP contribution in [0.3, 0.4) is 0 Å². The van der Waals surface area contributed by atoms with Crippen molar-refractivity contribution in [2.24, 2.45) is 0 Å². The van der Waals surface area contributed by atoms with E-state index in [1.165, 1.54) is 12.1 Å². The molecular formula is C17H18F2O. The number of hydrogen-bond acceptors (Lipinski definition) is 1. The average Bonchev–Trinajstić information content (AvgIpc) is 2.44. The smallest absolute Gasteiger partial charge is 0.135 e. The SMILES string of the molecule is CCCC(O)(c1ccccc1)c1c(F)ccc(C)c1F. The third-order valence-corrected chi connectivity index (χ3v) is 3.56. The Hall–Kier alpha value is -1.74. The van der Waals surface area contributed by atoms with Gasteiger partial charge in [-0.2, -0.15) is 0 Å². The lowest BCUT2D eigenvalue weighted by Crippen LogP contribution is -2.30. The third-order valence-electron chi connectivity index (χ3n) is 3.56. The molecule has 0 spiro atoms. The minimum Gasteiger partial charge on any atom is -0.380 e. The Morgan fingerprint density at radius 1 is 1.05 bits per heavy atom.